The Morgan fingerprint density at radius 3 is 3.00 bits per heavy atom. The number of guanidine groups is 1. The Hall–Kier alpha value is -1.05. The third kappa shape index (κ3) is 4.85. The van der Waals surface area contributed by atoms with E-state index in [4.69, 9.17) is 10.5 Å². The van der Waals surface area contributed by atoms with Gasteiger partial charge in [-0.25, -0.2) is 9.98 Å². The highest BCUT2D eigenvalue weighted by molar-refractivity contribution is 14.0. The van der Waals surface area contributed by atoms with Crippen molar-refractivity contribution in [3.8, 4) is 5.88 Å². The number of methoxy groups -OCH3 is 1. The number of aliphatic imine (C=N–C) groups is 1. The molecular weight excluding hydrogens is 355 g/mol. The van der Waals surface area contributed by atoms with Gasteiger partial charge >= 0.3 is 0 Å². The Labute approximate surface area is 131 Å². The third-order valence-electron chi connectivity index (χ3n) is 3.26. The molecule has 0 saturated heterocycles. The van der Waals surface area contributed by atoms with Crippen molar-refractivity contribution >= 4 is 29.9 Å². The summed E-state index contributed by atoms with van der Waals surface area (Å²) in [4.78, 5) is 8.42. The molecule has 1 aromatic heterocycles. The van der Waals surface area contributed by atoms with Crippen molar-refractivity contribution in [2.45, 2.75) is 25.8 Å². The summed E-state index contributed by atoms with van der Waals surface area (Å²) in [6.07, 6.45) is 5.65. The Morgan fingerprint density at radius 2 is 2.37 bits per heavy atom. The molecule has 3 N–H and O–H groups in total. The molecule has 5 nitrogen and oxygen atoms in total. The van der Waals surface area contributed by atoms with Gasteiger partial charge in [0.15, 0.2) is 5.96 Å². The number of ether oxygens (including phenoxy) is 1. The minimum atomic E-state index is 0. The van der Waals surface area contributed by atoms with Crippen LogP contribution in [0.4, 0.5) is 0 Å². The summed E-state index contributed by atoms with van der Waals surface area (Å²) in [5, 5.41) is 3.16. The minimum Gasteiger partial charge on any atom is -0.481 e. The summed E-state index contributed by atoms with van der Waals surface area (Å²) in [5.74, 6) is 1.87. The van der Waals surface area contributed by atoms with Crippen LogP contribution in [0, 0.1) is 5.92 Å². The molecule has 1 aliphatic carbocycles. The molecule has 1 fully saturated rings. The van der Waals surface area contributed by atoms with Crippen LogP contribution in [0.25, 0.3) is 0 Å². The summed E-state index contributed by atoms with van der Waals surface area (Å²) >= 11 is 0. The van der Waals surface area contributed by atoms with Crippen molar-refractivity contribution in [3.05, 3.63) is 23.9 Å². The molecule has 1 aliphatic rings. The predicted molar refractivity (Wildman–Crippen MR) is 86.9 cm³/mol. The number of aromatic nitrogens is 1. The van der Waals surface area contributed by atoms with Gasteiger partial charge in [0.1, 0.15) is 0 Å². The summed E-state index contributed by atoms with van der Waals surface area (Å²) in [5.41, 5.74) is 6.76. The molecule has 106 valence electrons. The Bertz CT molecular complexity index is 421. The standard InChI is InChI=1S/C13H20N4O.HI/c1-18-12-11(6-3-7-15-12)9-17-13(14)16-8-10-4-2-5-10;/h3,6-7,10H,2,4-5,8-9H2,1H3,(H3,14,16,17);1H. The molecule has 1 aromatic rings. The molecule has 0 amide bonds. The van der Waals surface area contributed by atoms with Crippen LogP contribution in [0.2, 0.25) is 0 Å². The first-order chi connectivity index (χ1) is 8.79. The van der Waals surface area contributed by atoms with Crippen LogP contribution in [-0.2, 0) is 6.54 Å². The predicted octanol–water partition coefficient (Wildman–Crippen LogP) is 1.91. The normalized spacial score (nSPS) is 15.3. The Kier molecular flexibility index (Phi) is 6.90. The summed E-state index contributed by atoms with van der Waals surface area (Å²) < 4.78 is 5.16. The highest BCUT2D eigenvalue weighted by Crippen LogP contribution is 2.25. The molecule has 6 heteroatoms. The lowest BCUT2D eigenvalue weighted by atomic mass is 9.85. The van der Waals surface area contributed by atoms with Crippen LogP contribution in [0.1, 0.15) is 24.8 Å². The van der Waals surface area contributed by atoms with Gasteiger partial charge in [-0.05, 0) is 24.8 Å². The number of nitrogens with one attached hydrogen (secondary N) is 1. The molecule has 0 atom stereocenters. The summed E-state index contributed by atoms with van der Waals surface area (Å²) in [7, 11) is 1.60. The van der Waals surface area contributed by atoms with E-state index in [1.54, 1.807) is 13.3 Å². The van der Waals surface area contributed by atoms with Gasteiger partial charge < -0.3 is 15.8 Å². The fraction of sp³-hybridized carbons (Fsp3) is 0.538. The lowest BCUT2D eigenvalue weighted by molar-refractivity contribution is 0.315. The smallest absolute Gasteiger partial charge is 0.218 e. The zero-order valence-corrected chi connectivity index (χ0v) is 13.5. The van der Waals surface area contributed by atoms with E-state index in [0.29, 0.717) is 18.4 Å². The fourth-order valence-electron chi connectivity index (χ4n) is 1.90. The van der Waals surface area contributed by atoms with Crippen molar-refractivity contribution in [1.82, 2.24) is 10.3 Å². The van der Waals surface area contributed by atoms with Gasteiger partial charge in [0.25, 0.3) is 0 Å². The number of nitrogens with two attached hydrogens (primary N) is 1. The van der Waals surface area contributed by atoms with Crippen LogP contribution in [0.15, 0.2) is 23.3 Å². The molecule has 2 rings (SSSR count). The molecule has 1 heterocycles. The number of nitrogens with zero attached hydrogens (tertiary/aromatic N) is 2. The van der Waals surface area contributed by atoms with E-state index in [0.717, 1.165) is 18.0 Å². The summed E-state index contributed by atoms with van der Waals surface area (Å²) in [6, 6.07) is 3.81. The molecule has 0 aromatic carbocycles. The van der Waals surface area contributed by atoms with Crippen LogP contribution < -0.4 is 15.8 Å². The van der Waals surface area contributed by atoms with E-state index in [2.05, 4.69) is 15.3 Å². The average Bonchev–Trinajstić information content (AvgIpc) is 2.35. The first-order valence-electron chi connectivity index (χ1n) is 6.31. The summed E-state index contributed by atoms with van der Waals surface area (Å²) in [6.45, 7) is 1.42. The maximum atomic E-state index is 5.82. The largest absolute Gasteiger partial charge is 0.481 e. The van der Waals surface area contributed by atoms with Crippen LogP contribution >= 0.6 is 24.0 Å². The molecule has 0 unspecified atom stereocenters. The van der Waals surface area contributed by atoms with Gasteiger partial charge in [0.2, 0.25) is 5.88 Å². The second-order valence-electron chi connectivity index (χ2n) is 4.55. The minimum absolute atomic E-state index is 0. The van der Waals surface area contributed by atoms with E-state index in [9.17, 15) is 0 Å². The zero-order valence-electron chi connectivity index (χ0n) is 11.1. The van der Waals surface area contributed by atoms with Crippen LogP contribution in [0.3, 0.4) is 0 Å². The van der Waals surface area contributed by atoms with E-state index < -0.39 is 0 Å². The molecular formula is C13H21IN4O. The lowest BCUT2D eigenvalue weighted by Gasteiger charge is -2.25. The van der Waals surface area contributed by atoms with Crippen LogP contribution in [-0.4, -0.2) is 24.6 Å². The molecule has 0 bridgehead atoms. The number of hydrogen-bond acceptors (Lipinski definition) is 3. The van der Waals surface area contributed by atoms with Crippen molar-refractivity contribution in [2.75, 3.05) is 13.7 Å². The van der Waals surface area contributed by atoms with Gasteiger partial charge in [-0.15, -0.1) is 24.0 Å². The maximum Gasteiger partial charge on any atom is 0.218 e. The molecule has 1 saturated carbocycles. The lowest BCUT2D eigenvalue weighted by Crippen LogP contribution is -2.37. The van der Waals surface area contributed by atoms with Gasteiger partial charge in [0.05, 0.1) is 13.7 Å². The number of pyridine rings is 1. The number of hydrogen-bond donors (Lipinski definition) is 2. The molecule has 0 spiro atoms. The number of rotatable bonds is 5. The van der Waals surface area contributed by atoms with E-state index >= 15 is 0 Å². The van der Waals surface area contributed by atoms with Crippen LogP contribution in [0.5, 0.6) is 5.88 Å². The first kappa shape index (κ1) is 16.0. The van der Waals surface area contributed by atoms with Crippen molar-refractivity contribution in [2.24, 2.45) is 16.6 Å². The van der Waals surface area contributed by atoms with Crippen molar-refractivity contribution < 1.29 is 4.74 Å². The van der Waals surface area contributed by atoms with Crippen molar-refractivity contribution in [1.29, 1.82) is 0 Å². The van der Waals surface area contributed by atoms with E-state index in [1.807, 2.05) is 12.1 Å². The number of halogens is 1. The SMILES string of the molecule is COc1ncccc1CN=C(N)NCC1CCC1.I. The second kappa shape index (κ2) is 8.19. The maximum absolute atomic E-state index is 5.82. The second-order valence-corrected chi connectivity index (χ2v) is 4.55. The fourth-order valence-corrected chi connectivity index (χ4v) is 1.90. The van der Waals surface area contributed by atoms with Gasteiger partial charge in [-0.1, -0.05) is 12.5 Å². The average molecular weight is 376 g/mol. The van der Waals surface area contributed by atoms with Gasteiger partial charge in [-0.3, -0.25) is 0 Å². The Morgan fingerprint density at radius 1 is 1.58 bits per heavy atom. The Balaban J connectivity index is 0.00000180. The molecule has 19 heavy (non-hydrogen) atoms. The zero-order chi connectivity index (χ0) is 12.8. The highest BCUT2D eigenvalue weighted by Gasteiger charge is 2.16. The topological polar surface area (TPSA) is 72.5 Å². The van der Waals surface area contributed by atoms with Gasteiger partial charge in [-0.2, -0.15) is 0 Å². The third-order valence-corrected chi connectivity index (χ3v) is 3.26. The highest BCUT2D eigenvalue weighted by atomic mass is 127. The molecule has 0 radical (unpaired) electrons. The quantitative estimate of drug-likeness (QED) is 0.468. The van der Waals surface area contributed by atoms with Gasteiger partial charge in [0, 0.05) is 18.3 Å². The van der Waals surface area contributed by atoms with Crippen molar-refractivity contribution in [3.63, 3.8) is 0 Å². The first-order valence-corrected chi connectivity index (χ1v) is 6.31. The molecule has 0 aliphatic heterocycles. The van der Waals surface area contributed by atoms with E-state index in [1.165, 1.54) is 19.3 Å². The van der Waals surface area contributed by atoms with E-state index in [-0.39, 0.29) is 24.0 Å². The monoisotopic (exact) mass is 376 g/mol.